The number of carbonyl (C=O) groups is 1. The Kier molecular flexibility index (Phi) is 3.05. The van der Waals surface area contributed by atoms with Crippen LogP contribution in [0.3, 0.4) is 0 Å². The summed E-state index contributed by atoms with van der Waals surface area (Å²) in [7, 11) is 0. The molecular weight excluding hydrogens is 266 g/mol. The van der Waals surface area contributed by atoms with E-state index in [1.165, 1.54) is 0 Å². The SMILES string of the molecule is O=C(NC1CC1)C1CCN(c2nc3ccccc3o2)CC1. The van der Waals surface area contributed by atoms with Crippen molar-refractivity contribution in [1.82, 2.24) is 10.3 Å². The van der Waals surface area contributed by atoms with Gasteiger partial charge in [-0.2, -0.15) is 4.98 Å². The molecule has 2 aliphatic rings. The normalized spacial score (nSPS) is 19.9. The summed E-state index contributed by atoms with van der Waals surface area (Å²) < 4.78 is 5.79. The first-order chi connectivity index (χ1) is 10.3. The van der Waals surface area contributed by atoms with Gasteiger partial charge in [0.15, 0.2) is 5.58 Å². The number of oxazole rings is 1. The highest BCUT2D eigenvalue weighted by atomic mass is 16.4. The molecule has 21 heavy (non-hydrogen) atoms. The van der Waals surface area contributed by atoms with Crippen molar-refractivity contribution in [1.29, 1.82) is 0 Å². The first-order valence-electron chi connectivity index (χ1n) is 7.70. The maximum Gasteiger partial charge on any atom is 0.298 e. The van der Waals surface area contributed by atoms with Crippen molar-refractivity contribution in [2.24, 2.45) is 5.92 Å². The van der Waals surface area contributed by atoms with E-state index in [1.54, 1.807) is 0 Å². The molecular formula is C16H19N3O2. The Morgan fingerprint density at radius 2 is 1.95 bits per heavy atom. The summed E-state index contributed by atoms with van der Waals surface area (Å²) in [6, 6.07) is 8.93. The number of piperidine rings is 1. The van der Waals surface area contributed by atoms with E-state index in [4.69, 9.17) is 4.42 Å². The molecule has 1 N–H and O–H groups in total. The highest BCUT2D eigenvalue weighted by molar-refractivity contribution is 5.79. The van der Waals surface area contributed by atoms with E-state index < -0.39 is 0 Å². The molecule has 2 fully saturated rings. The Labute approximate surface area is 123 Å². The molecule has 1 aliphatic heterocycles. The second kappa shape index (κ2) is 5.06. The minimum atomic E-state index is 0.145. The van der Waals surface area contributed by atoms with Gasteiger partial charge in [0.25, 0.3) is 6.01 Å². The average molecular weight is 285 g/mol. The quantitative estimate of drug-likeness (QED) is 0.940. The molecule has 5 nitrogen and oxygen atoms in total. The van der Waals surface area contributed by atoms with Crippen molar-refractivity contribution in [3.05, 3.63) is 24.3 Å². The van der Waals surface area contributed by atoms with E-state index in [-0.39, 0.29) is 11.8 Å². The number of aromatic nitrogens is 1. The highest BCUT2D eigenvalue weighted by Crippen LogP contribution is 2.27. The highest BCUT2D eigenvalue weighted by Gasteiger charge is 2.30. The summed E-state index contributed by atoms with van der Waals surface area (Å²) in [5.74, 6) is 0.376. The van der Waals surface area contributed by atoms with E-state index in [0.29, 0.717) is 12.1 Å². The third kappa shape index (κ3) is 2.60. The van der Waals surface area contributed by atoms with Crippen LogP contribution in [0.15, 0.2) is 28.7 Å². The van der Waals surface area contributed by atoms with Crippen molar-refractivity contribution in [3.8, 4) is 0 Å². The zero-order valence-electron chi connectivity index (χ0n) is 11.9. The molecule has 0 spiro atoms. The molecule has 1 amide bonds. The van der Waals surface area contributed by atoms with Gasteiger partial charge in [-0.05, 0) is 37.8 Å². The van der Waals surface area contributed by atoms with Gasteiger partial charge in [0.1, 0.15) is 5.52 Å². The third-order valence-electron chi connectivity index (χ3n) is 4.34. The molecule has 1 aromatic heterocycles. The van der Waals surface area contributed by atoms with Crippen LogP contribution < -0.4 is 10.2 Å². The standard InChI is InChI=1S/C16H19N3O2/c20-15(17-12-5-6-12)11-7-9-19(10-8-11)16-18-13-3-1-2-4-14(13)21-16/h1-4,11-12H,5-10H2,(H,17,20). The van der Waals surface area contributed by atoms with Crippen molar-refractivity contribution >= 4 is 23.0 Å². The van der Waals surface area contributed by atoms with Crippen LogP contribution in [0, 0.1) is 5.92 Å². The smallest absolute Gasteiger partial charge is 0.298 e. The predicted octanol–water partition coefficient (Wildman–Crippen LogP) is 2.32. The molecule has 1 aromatic carbocycles. The lowest BCUT2D eigenvalue weighted by molar-refractivity contribution is -0.125. The van der Waals surface area contributed by atoms with Gasteiger partial charge >= 0.3 is 0 Å². The number of para-hydroxylation sites is 2. The number of carbonyl (C=O) groups excluding carboxylic acids is 1. The molecule has 5 heteroatoms. The van der Waals surface area contributed by atoms with Crippen LogP contribution >= 0.6 is 0 Å². The summed E-state index contributed by atoms with van der Waals surface area (Å²) >= 11 is 0. The Bertz CT molecular complexity index is 621. The molecule has 2 heterocycles. The van der Waals surface area contributed by atoms with Crippen LogP contribution in [0.5, 0.6) is 0 Å². The second-order valence-corrected chi connectivity index (χ2v) is 6.01. The zero-order valence-corrected chi connectivity index (χ0v) is 11.9. The predicted molar refractivity (Wildman–Crippen MR) is 80.1 cm³/mol. The topological polar surface area (TPSA) is 58.4 Å². The van der Waals surface area contributed by atoms with Crippen molar-refractivity contribution in [2.45, 2.75) is 31.7 Å². The van der Waals surface area contributed by atoms with Gasteiger partial charge in [0.2, 0.25) is 5.91 Å². The number of nitrogens with one attached hydrogen (secondary N) is 1. The average Bonchev–Trinajstić information content (AvgIpc) is 3.22. The molecule has 0 radical (unpaired) electrons. The van der Waals surface area contributed by atoms with Crippen LogP contribution in [-0.2, 0) is 4.79 Å². The van der Waals surface area contributed by atoms with Crippen LogP contribution in [0.1, 0.15) is 25.7 Å². The summed E-state index contributed by atoms with van der Waals surface area (Å²) in [5.41, 5.74) is 1.71. The maximum atomic E-state index is 12.1. The van der Waals surface area contributed by atoms with Crippen molar-refractivity contribution in [2.75, 3.05) is 18.0 Å². The molecule has 0 unspecified atom stereocenters. The number of amides is 1. The number of hydrogen-bond donors (Lipinski definition) is 1. The lowest BCUT2D eigenvalue weighted by Crippen LogP contribution is -2.41. The Hall–Kier alpha value is -2.04. The molecule has 0 bridgehead atoms. The second-order valence-electron chi connectivity index (χ2n) is 6.01. The zero-order chi connectivity index (χ0) is 14.2. The van der Waals surface area contributed by atoms with Crippen LogP contribution in [-0.4, -0.2) is 30.0 Å². The molecule has 4 rings (SSSR count). The van der Waals surface area contributed by atoms with Crippen molar-refractivity contribution < 1.29 is 9.21 Å². The van der Waals surface area contributed by atoms with Gasteiger partial charge in [-0.3, -0.25) is 4.79 Å². The summed E-state index contributed by atoms with van der Waals surface area (Å²) in [5, 5.41) is 3.10. The Balaban J connectivity index is 1.41. The fourth-order valence-corrected chi connectivity index (χ4v) is 2.87. The fraction of sp³-hybridized carbons (Fsp3) is 0.500. The molecule has 1 saturated carbocycles. The molecule has 0 atom stereocenters. The van der Waals surface area contributed by atoms with E-state index in [2.05, 4.69) is 15.2 Å². The molecule has 1 aliphatic carbocycles. The van der Waals surface area contributed by atoms with E-state index in [1.807, 2.05) is 24.3 Å². The van der Waals surface area contributed by atoms with E-state index in [9.17, 15) is 4.79 Å². The number of rotatable bonds is 3. The summed E-state index contributed by atoms with van der Waals surface area (Å²) in [6.07, 6.45) is 4.04. The largest absolute Gasteiger partial charge is 0.423 e. The van der Waals surface area contributed by atoms with Crippen molar-refractivity contribution in [3.63, 3.8) is 0 Å². The number of fused-ring (bicyclic) bond motifs is 1. The van der Waals surface area contributed by atoms with Crippen LogP contribution in [0.4, 0.5) is 6.01 Å². The lowest BCUT2D eigenvalue weighted by atomic mass is 9.96. The summed E-state index contributed by atoms with van der Waals surface area (Å²) in [6.45, 7) is 1.66. The summed E-state index contributed by atoms with van der Waals surface area (Å²) in [4.78, 5) is 18.7. The monoisotopic (exact) mass is 285 g/mol. The van der Waals surface area contributed by atoms with Gasteiger partial charge < -0.3 is 14.6 Å². The third-order valence-corrected chi connectivity index (χ3v) is 4.34. The number of nitrogens with zero attached hydrogens (tertiary/aromatic N) is 2. The van der Waals surface area contributed by atoms with Gasteiger partial charge in [-0.1, -0.05) is 12.1 Å². The molecule has 2 aromatic rings. The van der Waals surface area contributed by atoms with Gasteiger partial charge in [-0.15, -0.1) is 0 Å². The molecule has 110 valence electrons. The minimum absolute atomic E-state index is 0.145. The minimum Gasteiger partial charge on any atom is -0.423 e. The van der Waals surface area contributed by atoms with Crippen LogP contribution in [0.2, 0.25) is 0 Å². The van der Waals surface area contributed by atoms with E-state index >= 15 is 0 Å². The fourth-order valence-electron chi connectivity index (χ4n) is 2.87. The Morgan fingerprint density at radius 3 is 2.67 bits per heavy atom. The number of anilines is 1. The van der Waals surface area contributed by atoms with Crippen LogP contribution in [0.25, 0.3) is 11.1 Å². The lowest BCUT2D eigenvalue weighted by Gasteiger charge is -2.30. The molecule has 1 saturated heterocycles. The first-order valence-corrected chi connectivity index (χ1v) is 7.70. The maximum absolute atomic E-state index is 12.1. The first kappa shape index (κ1) is 12.7. The van der Waals surface area contributed by atoms with Gasteiger partial charge in [-0.25, -0.2) is 0 Å². The number of benzene rings is 1. The van der Waals surface area contributed by atoms with Gasteiger partial charge in [0.05, 0.1) is 0 Å². The van der Waals surface area contributed by atoms with Gasteiger partial charge in [0, 0.05) is 25.0 Å². The number of hydrogen-bond acceptors (Lipinski definition) is 4. The Morgan fingerprint density at radius 1 is 1.19 bits per heavy atom. The van der Waals surface area contributed by atoms with E-state index in [0.717, 1.165) is 49.9 Å².